The van der Waals surface area contributed by atoms with Crippen molar-refractivity contribution in [2.75, 3.05) is 19.6 Å². The van der Waals surface area contributed by atoms with Gasteiger partial charge in [0.25, 0.3) is 0 Å². The molecule has 1 saturated heterocycles. The molecule has 0 N–H and O–H groups in total. The molecule has 0 bridgehead atoms. The zero-order valence-electron chi connectivity index (χ0n) is 12.3. The zero-order chi connectivity index (χ0) is 14.7. The van der Waals surface area contributed by atoms with Gasteiger partial charge >= 0.3 is 0 Å². The maximum atomic E-state index is 6.08. The van der Waals surface area contributed by atoms with E-state index in [9.17, 15) is 0 Å². The van der Waals surface area contributed by atoms with E-state index in [4.69, 9.17) is 11.6 Å². The molecular formula is C16H21ClN4. The second kappa shape index (κ2) is 6.58. The largest absolute Gasteiger partial charge is 0.303 e. The van der Waals surface area contributed by atoms with Crippen LogP contribution >= 0.6 is 11.6 Å². The SMILES string of the molecule is C[C@H](CN1CCC(n2cncn2)CC1)c1cccc(Cl)c1. The van der Waals surface area contributed by atoms with Gasteiger partial charge in [-0.2, -0.15) is 5.10 Å². The quantitative estimate of drug-likeness (QED) is 0.868. The summed E-state index contributed by atoms with van der Waals surface area (Å²) in [5.74, 6) is 0.506. The number of benzene rings is 1. The van der Waals surface area contributed by atoms with E-state index in [1.165, 1.54) is 5.56 Å². The molecule has 0 unspecified atom stereocenters. The Balaban J connectivity index is 1.53. The third-order valence-electron chi connectivity index (χ3n) is 4.32. The van der Waals surface area contributed by atoms with E-state index in [1.54, 1.807) is 6.33 Å². The molecule has 2 aromatic rings. The van der Waals surface area contributed by atoms with E-state index < -0.39 is 0 Å². The topological polar surface area (TPSA) is 34.0 Å². The van der Waals surface area contributed by atoms with Crippen LogP contribution in [0.5, 0.6) is 0 Å². The highest BCUT2D eigenvalue weighted by molar-refractivity contribution is 6.30. The molecule has 1 aromatic heterocycles. The lowest BCUT2D eigenvalue weighted by Crippen LogP contribution is -2.37. The number of nitrogens with zero attached hydrogens (tertiary/aromatic N) is 4. The summed E-state index contributed by atoms with van der Waals surface area (Å²) in [5, 5.41) is 5.08. The van der Waals surface area contributed by atoms with Gasteiger partial charge in [-0.25, -0.2) is 9.67 Å². The molecule has 1 aliphatic heterocycles. The van der Waals surface area contributed by atoms with Crippen molar-refractivity contribution in [3.05, 3.63) is 47.5 Å². The maximum Gasteiger partial charge on any atom is 0.137 e. The van der Waals surface area contributed by atoms with Crippen molar-refractivity contribution in [1.29, 1.82) is 0 Å². The molecule has 1 fully saturated rings. The molecule has 0 radical (unpaired) electrons. The summed E-state index contributed by atoms with van der Waals surface area (Å²) in [5.41, 5.74) is 1.32. The van der Waals surface area contributed by atoms with Crippen LogP contribution in [0.1, 0.15) is 37.3 Å². The van der Waals surface area contributed by atoms with Crippen LogP contribution in [0.3, 0.4) is 0 Å². The van der Waals surface area contributed by atoms with Gasteiger partial charge in [0, 0.05) is 24.7 Å². The summed E-state index contributed by atoms with van der Waals surface area (Å²) in [6.07, 6.45) is 5.74. The highest BCUT2D eigenvalue weighted by Crippen LogP contribution is 2.25. The summed E-state index contributed by atoms with van der Waals surface area (Å²) in [7, 11) is 0. The summed E-state index contributed by atoms with van der Waals surface area (Å²) in [6, 6.07) is 8.71. The monoisotopic (exact) mass is 304 g/mol. The van der Waals surface area contributed by atoms with E-state index >= 15 is 0 Å². The Morgan fingerprint density at radius 1 is 1.33 bits per heavy atom. The number of rotatable bonds is 4. The molecular weight excluding hydrogens is 284 g/mol. The fourth-order valence-corrected chi connectivity index (χ4v) is 3.28. The van der Waals surface area contributed by atoms with Crippen LogP contribution in [0.25, 0.3) is 0 Å². The maximum absolute atomic E-state index is 6.08. The summed E-state index contributed by atoms with van der Waals surface area (Å²) in [4.78, 5) is 6.58. The minimum Gasteiger partial charge on any atom is -0.303 e. The third kappa shape index (κ3) is 3.63. The van der Waals surface area contributed by atoms with Crippen molar-refractivity contribution in [3.63, 3.8) is 0 Å². The minimum atomic E-state index is 0.505. The van der Waals surface area contributed by atoms with E-state index in [-0.39, 0.29) is 0 Å². The highest BCUT2D eigenvalue weighted by atomic mass is 35.5. The van der Waals surface area contributed by atoms with E-state index in [2.05, 4.69) is 34.0 Å². The number of likely N-dealkylation sites (tertiary alicyclic amines) is 1. The number of aromatic nitrogens is 3. The second-order valence-electron chi connectivity index (χ2n) is 5.86. The van der Waals surface area contributed by atoms with Gasteiger partial charge in [-0.1, -0.05) is 30.7 Å². The number of hydrogen-bond donors (Lipinski definition) is 0. The highest BCUT2D eigenvalue weighted by Gasteiger charge is 2.22. The third-order valence-corrected chi connectivity index (χ3v) is 4.55. The summed E-state index contributed by atoms with van der Waals surface area (Å²) in [6.45, 7) is 5.60. The van der Waals surface area contributed by atoms with Gasteiger partial charge in [0.2, 0.25) is 0 Å². The first-order chi connectivity index (χ1) is 10.2. The van der Waals surface area contributed by atoms with Crippen molar-refractivity contribution in [3.8, 4) is 0 Å². The first kappa shape index (κ1) is 14.5. The normalized spacial score (nSPS) is 18.8. The van der Waals surface area contributed by atoms with Crippen LogP contribution in [-0.4, -0.2) is 39.3 Å². The van der Waals surface area contributed by atoms with Gasteiger partial charge in [0.05, 0.1) is 6.04 Å². The van der Waals surface area contributed by atoms with Crippen LogP contribution in [-0.2, 0) is 0 Å². The molecule has 2 heterocycles. The van der Waals surface area contributed by atoms with Crippen molar-refractivity contribution in [2.45, 2.75) is 31.7 Å². The Hall–Kier alpha value is -1.39. The van der Waals surface area contributed by atoms with Gasteiger partial charge in [-0.15, -0.1) is 0 Å². The van der Waals surface area contributed by atoms with Gasteiger partial charge in [0.15, 0.2) is 0 Å². The fraction of sp³-hybridized carbons (Fsp3) is 0.500. The van der Waals surface area contributed by atoms with Crippen LogP contribution in [0.2, 0.25) is 5.02 Å². The van der Waals surface area contributed by atoms with Crippen LogP contribution in [0.4, 0.5) is 0 Å². The average molecular weight is 305 g/mol. The molecule has 112 valence electrons. The van der Waals surface area contributed by atoms with Crippen molar-refractivity contribution < 1.29 is 0 Å². The van der Waals surface area contributed by atoms with Gasteiger partial charge in [-0.05, 0) is 36.5 Å². The molecule has 0 spiro atoms. The lowest BCUT2D eigenvalue weighted by molar-refractivity contribution is 0.173. The molecule has 5 heteroatoms. The van der Waals surface area contributed by atoms with E-state index in [0.29, 0.717) is 12.0 Å². The summed E-state index contributed by atoms with van der Waals surface area (Å²) < 4.78 is 2.00. The van der Waals surface area contributed by atoms with E-state index in [0.717, 1.165) is 37.5 Å². The Morgan fingerprint density at radius 3 is 2.81 bits per heavy atom. The predicted octanol–water partition coefficient (Wildman–Crippen LogP) is 3.37. The standard InChI is InChI=1S/C16H21ClN4/c1-13(14-3-2-4-15(17)9-14)10-20-7-5-16(6-8-20)21-12-18-11-19-21/h2-4,9,11-13,16H,5-8,10H2,1H3/t13-/m1/s1. The molecule has 0 saturated carbocycles. The Kier molecular flexibility index (Phi) is 4.56. The van der Waals surface area contributed by atoms with Crippen molar-refractivity contribution >= 4 is 11.6 Å². The molecule has 0 aliphatic carbocycles. The molecule has 21 heavy (non-hydrogen) atoms. The molecule has 0 amide bonds. The van der Waals surface area contributed by atoms with Gasteiger partial charge in [-0.3, -0.25) is 0 Å². The first-order valence-electron chi connectivity index (χ1n) is 7.54. The lowest BCUT2D eigenvalue weighted by Gasteiger charge is -2.33. The van der Waals surface area contributed by atoms with Crippen LogP contribution in [0.15, 0.2) is 36.9 Å². The van der Waals surface area contributed by atoms with Crippen LogP contribution in [0, 0.1) is 0 Å². The molecule has 1 aliphatic rings. The fourth-order valence-electron chi connectivity index (χ4n) is 3.08. The van der Waals surface area contributed by atoms with Gasteiger partial charge in [0.1, 0.15) is 12.7 Å². The minimum absolute atomic E-state index is 0.505. The predicted molar refractivity (Wildman–Crippen MR) is 84.6 cm³/mol. The average Bonchev–Trinajstić information content (AvgIpc) is 3.02. The summed E-state index contributed by atoms with van der Waals surface area (Å²) >= 11 is 6.08. The Bertz CT molecular complexity index is 561. The lowest BCUT2D eigenvalue weighted by atomic mass is 9.98. The number of piperidine rings is 1. The van der Waals surface area contributed by atoms with Crippen molar-refractivity contribution in [1.82, 2.24) is 19.7 Å². The van der Waals surface area contributed by atoms with E-state index in [1.807, 2.05) is 23.1 Å². The molecule has 4 nitrogen and oxygen atoms in total. The Morgan fingerprint density at radius 2 is 2.14 bits per heavy atom. The van der Waals surface area contributed by atoms with Crippen molar-refractivity contribution in [2.24, 2.45) is 0 Å². The molecule has 3 rings (SSSR count). The molecule has 1 atom stereocenters. The Labute approximate surface area is 130 Å². The van der Waals surface area contributed by atoms with Gasteiger partial charge < -0.3 is 4.90 Å². The number of halogens is 1. The zero-order valence-corrected chi connectivity index (χ0v) is 13.1. The second-order valence-corrected chi connectivity index (χ2v) is 6.30. The number of hydrogen-bond acceptors (Lipinski definition) is 3. The molecule has 1 aromatic carbocycles. The smallest absolute Gasteiger partial charge is 0.137 e. The first-order valence-corrected chi connectivity index (χ1v) is 7.92. The van der Waals surface area contributed by atoms with Crippen LogP contribution < -0.4 is 0 Å².